The smallest absolute Gasteiger partial charge is 0.315 e. The number of hydrogen-bond acceptors (Lipinski definition) is 5. The monoisotopic (exact) mass is 331 g/mol. The topological polar surface area (TPSA) is 77.2 Å². The van der Waals surface area contributed by atoms with Gasteiger partial charge in [-0.05, 0) is 6.07 Å². The molecule has 3 rings (SSSR count). The minimum absolute atomic E-state index is 0.00816. The zero-order valence-electron chi connectivity index (χ0n) is 11.3. The average molecular weight is 331 g/mol. The van der Waals surface area contributed by atoms with E-state index in [1.165, 1.54) is 18.2 Å². The molecule has 1 unspecified atom stereocenters. The van der Waals surface area contributed by atoms with Crippen LogP contribution in [0.2, 0.25) is 0 Å². The molecule has 10 heteroatoms. The van der Waals surface area contributed by atoms with E-state index in [1.807, 2.05) is 0 Å². The van der Waals surface area contributed by atoms with E-state index in [9.17, 15) is 22.4 Å². The maximum Gasteiger partial charge on any atom is 0.315 e. The van der Waals surface area contributed by atoms with Crippen LogP contribution >= 0.6 is 0 Å². The highest BCUT2D eigenvalue weighted by Gasteiger charge is 2.29. The van der Waals surface area contributed by atoms with Gasteiger partial charge in [-0.25, -0.2) is 0 Å². The standard InChI is InChI=1S/C13H9F4N3O3/c14-9(15)12(21)18-7-4-22-8-3-5(1-2-6(7)8)11-19-13(10(16)17)23-20-11/h1-3,7,9-10H,4H2,(H,18,21). The number of carbonyl (C=O) groups excluding carboxylic acids is 1. The fourth-order valence-corrected chi connectivity index (χ4v) is 2.14. The van der Waals surface area contributed by atoms with Gasteiger partial charge in [-0.1, -0.05) is 17.3 Å². The summed E-state index contributed by atoms with van der Waals surface area (Å²) >= 11 is 0. The Kier molecular flexibility index (Phi) is 3.89. The molecule has 122 valence electrons. The van der Waals surface area contributed by atoms with Crippen LogP contribution in [0, 0.1) is 0 Å². The summed E-state index contributed by atoms with van der Waals surface area (Å²) in [4.78, 5) is 14.6. The second-order valence-electron chi connectivity index (χ2n) is 4.68. The fourth-order valence-electron chi connectivity index (χ4n) is 2.14. The van der Waals surface area contributed by atoms with Crippen LogP contribution in [0.5, 0.6) is 5.75 Å². The maximum absolute atomic E-state index is 12.4. The number of fused-ring (bicyclic) bond motifs is 1. The molecule has 0 saturated carbocycles. The van der Waals surface area contributed by atoms with Crippen molar-refractivity contribution in [1.82, 2.24) is 15.5 Å². The molecule has 0 spiro atoms. The molecule has 1 aromatic heterocycles. The number of rotatable bonds is 4. The molecule has 0 bridgehead atoms. The third-order valence-corrected chi connectivity index (χ3v) is 3.20. The van der Waals surface area contributed by atoms with Gasteiger partial charge in [0.25, 0.3) is 11.8 Å². The van der Waals surface area contributed by atoms with Crippen LogP contribution in [0.3, 0.4) is 0 Å². The molecule has 1 N–H and O–H groups in total. The molecule has 0 aliphatic carbocycles. The van der Waals surface area contributed by atoms with Crippen molar-refractivity contribution in [2.24, 2.45) is 0 Å². The van der Waals surface area contributed by atoms with Gasteiger partial charge in [0.15, 0.2) is 0 Å². The van der Waals surface area contributed by atoms with Crippen molar-refractivity contribution in [3.8, 4) is 17.1 Å². The first-order valence-electron chi connectivity index (χ1n) is 6.43. The third kappa shape index (κ3) is 2.96. The van der Waals surface area contributed by atoms with Crippen molar-refractivity contribution < 1.29 is 31.6 Å². The lowest BCUT2D eigenvalue weighted by Crippen LogP contribution is -2.33. The first kappa shape index (κ1) is 15.3. The van der Waals surface area contributed by atoms with Gasteiger partial charge in [-0.3, -0.25) is 4.79 Å². The molecular weight excluding hydrogens is 322 g/mol. The van der Waals surface area contributed by atoms with Gasteiger partial charge in [0.05, 0.1) is 6.04 Å². The van der Waals surface area contributed by atoms with Gasteiger partial charge in [0.1, 0.15) is 12.4 Å². The van der Waals surface area contributed by atoms with Crippen molar-refractivity contribution in [3.05, 3.63) is 29.7 Å². The average Bonchev–Trinajstić information content (AvgIpc) is 3.14. The van der Waals surface area contributed by atoms with E-state index in [2.05, 4.69) is 20.0 Å². The Hall–Kier alpha value is -2.65. The first-order valence-corrected chi connectivity index (χ1v) is 6.43. The number of ether oxygens (including phenoxy) is 1. The number of alkyl halides is 4. The summed E-state index contributed by atoms with van der Waals surface area (Å²) in [6.07, 6.45) is -6.00. The van der Waals surface area contributed by atoms with Gasteiger partial charge < -0.3 is 14.6 Å². The summed E-state index contributed by atoms with van der Waals surface area (Å²) in [5.74, 6) is -1.92. The zero-order chi connectivity index (χ0) is 16.6. The van der Waals surface area contributed by atoms with Crippen LogP contribution in [-0.2, 0) is 4.79 Å². The fraction of sp³-hybridized carbons (Fsp3) is 0.308. The molecule has 0 radical (unpaired) electrons. The lowest BCUT2D eigenvalue weighted by atomic mass is 10.1. The molecule has 1 atom stereocenters. The Labute approximate surface area is 126 Å². The molecule has 1 aromatic carbocycles. The number of carbonyl (C=O) groups is 1. The Morgan fingerprint density at radius 2 is 2.09 bits per heavy atom. The summed E-state index contributed by atoms with van der Waals surface area (Å²) in [7, 11) is 0. The summed E-state index contributed by atoms with van der Waals surface area (Å²) in [6, 6.07) is 3.77. The number of nitrogens with one attached hydrogen (secondary N) is 1. The molecule has 2 heterocycles. The summed E-state index contributed by atoms with van der Waals surface area (Å²) in [5.41, 5.74) is 0.862. The number of amides is 1. The van der Waals surface area contributed by atoms with Crippen molar-refractivity contribution in [3.63, 3.8) is 0 Å². The number of halogens is 4. The maximum atomic E-state index is 12.4. The van der Waals surface area contributed by atoms with Crippen LogP contribution in [0.15, 0.2) is 22.7 Å². The molecule has 0 fully saturated rings. The third-order valence-electron chi connectivity index (χ3n) is 3.20. The molecular formula is C13H9F4N3O3. The van der Waals surface area contributed by atoms with Gasteiger partial charge >= 0.3 is 12.9 Å². The Morgan fingerprint density at radius 1 is 1.30 bits per heavy atom. The van der Waals surface area contributed by atoms with Gasteiger partial charge in [0, 0.05) is 11.1 Å². The summed E-state index contributed by atoms with van der Waals surface area (Å²) < 4.78 is 59.1. The minimum atomic E-state index is -3.12. The van der Waals surface area contributed by atoms with Crippen molar-refractivity contribution >= 4 is 5.91 Å². The molecule has 1 amide bonds. The molecule has 1 aliphatic rings. The normalized spacial score (nSPS) is 16.5. The second kappa shape index (κ2) is 5.86. The van der Waals surface area contributed by atoms with Gasteiger partial charge in [-0.2, -0.15) is 22.5 Å². The number of aromatic nitrogens is 2. The van der Waals surface area contributed by atoms with Crippen LogP contribution < -0.4 is 10.1 Å². The van der Waals surface area contributed by atoms with E-state index in [-0.39, 0.29) is 12.4 Å². The summed E-state index contributed by atoms with van der Waals surface area (Å²) in [6.45, 7) is -0.00816. The van der Waals surface area contributed by atoms with Crippen molar-refractivity contribution in [2.45, 2.75) is 18.9 Å². The van der Waals surface area contributed by atoms with E-state index >= 15 is 0 Å². The van der Waals surface area contributed by atoms with Gasteiger partial charge in [-0.15, -0.1) is 0 Å². The number of nitrogens with zero attached hydrogens (tertiary/aromatic N) is 2. The Morgan fingerprint density at radius 3 is 2.74 bits per heavy atom. The van der Waals surface area contributed by atoms with Crippen molar-refractivity contribution in [2.75, 3.05) is 6.61 Å². The SMILES string of the molecule is O=C(NC1COc2cc(-c3noc(C(F)F)n3)ccc21)C(F)F. The first-order chi connectivity index (χ1) is 11.0. The number of hydrogen-bond donors (Lipinski definition) is 1. The highest BCUT2D eigenvalue weighted by Crippen LogP contribution is 2.35. The highest BCUT2D eigenvalue weighted by atomic mass is 19.3. The van der Waals surface area contributed by atoms with E-state index in [4.69, 9.17) is 4.74 Å². The van der Waals surface area contributed by atoms with Gasteiger partial charge in [0.2, 0.25) is 5.82 Å². The van der Waals surface area contributed by atoms with Crippen LogP contribution in [0.1, 0.15) is 23.9 Å². The Bertz CT molecular complexity index is 735. The van der Waals surface area contributed by atoms with E-state index in [0.29, 0.717) is 16.9 Å². The quantitative estimate of drug-likeness (QED) is 0.871. The largest absolute Gasteiger partial charge is 0.491 e. The minimum Gasteiger partial charge on any atom is -0.491 e. The van der Waals surface area contributed by atoms with E-state index < -0.39 is 30.7 Å². The number of benzene rings is 1. The van der Waals surface area contributed by atoms with Crippen molar-refractivity contribution in [1.29, 1.82) is 0 Å². The predicted molar refractivity (Wildman–Crippen MR) is 67.1 cm³/mol. The second-order valence-corrected chi connectivity index (χ2v) is 4.68. The lowest BCUT2D eigenvalue weighted by molar-refractivity contribution is -0.132. The molecule has 1 aliphatic heterocycles. The van der Waals surface area contributed by atoms with Crippen LogP contribution in [0.4, 0.5) is 17.6 Å². The van der Waals surface area contributed by atoms with E-state index in [0.717, 1.165) is 0 Å². The predicted octanol–water partition coefficient (Wildman–Crippen LogP) is 2.49. The van der Waals surface area contributed by atoms with Crippen LogP contribution in [0.25, 0.3) is 11.4 Å². The van der Waals surface area contributed by atoms with Crippen LogP contribution in [-0.4, -0.2) is 29.1 Å². The molecule has 2 aromatic rings. The zero-order valence-corrected chi connectivity index (χ0v) is 11.3. The van der Waals surface area contributed by atoms with E-state index in [1.54, 1.807) is 0 Å². The molecule has 0 saturated heterocycles. The summed E-state index contributed by atoms with van der Waals surface area (Å²) in [5, 5.41) is 5.58. The highest BCUT2D eigenvalue weighted by molar-refractivity contribution is 5.80. The Balaban J connectivity index is 1.82. The lowest BCUT2D eigenvalue weighted by Gasteiger charge is -2.11. The molecule has 23 heavy (non-hydrogen) atoms. The molecule has 6 nitrogen and oxygen atoms in total.